The maximum atomic E-state index is 12.9. The third-order valence-corrected chi connectivity index (χ3v) is 5.26. The summed E-state index contributed by atoms with van der Waals surface area (Å²) in [5, 5.41) is 6.21. The standard InChI is InChI=1S/C19H26FN3O2/c1-13-12-15(6-9-21-13)19(25)23-10-7-14(8-11-23)18(24)22-17-4-2-16(20)3-5-17/h2-5,13-15,21H,6-12H2,1H3,(H,22,24)/t13-,15-/m0/s1. The first kappa shape index (κ1) is 17.9. The Labute approximate surface area is 148 Å². The van der Waals surface area contributed by atoms with E-state index in [1.807, 2.05) is 4.90 Å². The zero-order chi connectivity index (χ0) is 17.8. The average molecular weight is 347 g/mol. The highest BCUT2D eigenvalue weighted by Gasteiger charge is 2.32. The lowest BCUT2D eigenvalue weighted by Gasteiger charge is -2.36. The summed E-state index contributed by atoms with van der Waals surface area (Å²) in [6, 6.07) is 6.17. The minimum absolute atomic E-state index is 0.0470. The fraction of sp³-hybridized carbons (Fsp3) is 0.579. The molecule has 25 heavy (non-hydrogen) atoms. The molecule has 2 aliphatic heterocycles. The van der Waals surface area contributed by atoms with Crippen LogP contribution in [0.15, 0.2) is 24.3 Å². The number of carbonyl (C=O) groups is 2. The van der Waals surface area contributed by atoms with Gasteiger partial charge in [-0.15, -0.1) is 0 Å². The Kier molecular flexibility index (Phi) is 5.68. The Balaban J connectivity index is 1.48. The summed E-state index contributed by atoms with van der Waals surface area (Å²) in [7, 11) is 0. The molecule has 6 heteroatoms. The Morgan fingerprint density at radius 3 is 2.44 bits per heavy atom. The molecule has 2 atom stereocenters. The molecule has 0 aromatic heterocycles. The molecule has 0 radical (unpaired) electrons. The number of hydrogen-bond acceptors (Lipinski definition) is 3. The van der Waals surface area contributed by atoms with Gasteiger partial charge in [-0.05, 0) is 63.4 Å². The van der Waals surface area contributed by atoms with Crippen LogP contribution in [0, 0.1) is 17.7 Å². The van der Waals surface area contributed by atoms with Crippen molar-refractivity contribution in [3.05, 3.63) is 30.1 Å². The number of nitrogens with zero attached hydrogens (tertiary/aromatic N) is 1. The van der Waals surface area contributed by atoms with Gasteiger partial charge < -0.3 is 15.5 Å². The molecular weight excluding hydrogens is 321 g/mol. The lowest BCUT2D eigenvalue weighted by Crippen LogP contribution is -2.47. The first-order valence-corrected chi connectivity index (χ1v) is 9.11. The minimum Gasteiger partial charge on any atom is -0.342 e. The Morgan fingerprint density at radius 1 is 1.12 bits per heavy atom. The van der Waals surface area contributed by atoms with E-state index in [0.717, 1.165) is 19.4 Å². The van der Waals surface area contributed by atoms with E-state index in [4.69, 9.17) is 0 Å². The van der Waals surface area contributed by atoms with E-state index in [9.17, 15) is 14.0 Å². The molecule has 0 saturated carbocycles. The Morgan fingerprint density at radius 2 is 1.80 bits per heavy atom. The van der Waals surface area contributed by atoms with Crippen molar-refractivity contribution >= 4 is 17.5 Å². The van der Waals surface area contributed by atoms with Gasteiger partial charge in [0.2, 0.25) is 11.8 Å². The highest BCUT2D eigenvalue weighted by molar-refractivity contribution is 5.92. The van der Waals surface area contributed by atoms with Crippen LogP contribution < -0.4 is 10.6 Å². The topological polar surface area (TPSA) is 61.4 Å². The molecular formula is C19H26FN3O2. The lowest BCUT2D eigenvalue weighted by molar-refractivity contribution is -0.139. The largest absolute Gasteiger partial charge is 0.342 e. The van der Waals surface area contributed by atoms with Crippen LogP contribution in [-0.4, -0.2) is 42.4 Å². The van der Waals surface area contributed by atoms with Crippen LogP contribution in [0.3, 0.4) is 0 Å². The number of anilines is 1. The second-order valence-corrected chi connectivity index (χ2v) is 7.17. The normalized spacial score (nSPS) is 24.8. The van der Waals surface area contributed by atoms with Gasteiger partial charge >= 0.3 is 0 Å². The molecule has 0 spiro atoms. The molecule has 2 fully saturated rings. The fourth-order valence-electron chi connectivity index (χ4n) is 3.75. The molecule has 0 bridgehead atoms. The molecule has 2 saturated heterocycles. The zero-order valence-electron chi connectivity index (χ0n) is 14.6. The SMILES string of the molecule is C[C@H]1C[C@@H](C(=O)N2CCC(C(=O)Nc3ccc(F)cc3)CC2)CCN1. The van der Waals surface area contributed by atoms with Crippen molar-refractivity contribution in [3.8, 4) is 0 Å². The number of hydrogen-bond donors (Lipinski definition) is 2. The number of carbonyl (C=O) groups excluding carboxylic acids is 2. The van der Waals surface area contributed by atoms with Crippen LogP contribution in [0.25, 0.3) is 0 Å². The van der Waals surface area contributed by atoms with Crippen LogP contribution in [-0.2, 0) is 9.59 Å². The van der Waals surface area contributed by atoms with Crippen molar-refractivity contribution in [3.63, 3.8) is 0 Å². The third-order valence-electron chi connectivity index (χ3n) is 5.26. The second kappa shape index (κ2) is 7.95. The molecule has 2 N–H and O–H groups in total. The van der Waals surface area contributed by atoms with Crippen LogP contribution in [0.5, 0.6) is 0 Å². The molecule has 5 nitrogen and oxygen atoms in total. The first-order valence-electron chi connectivity index (χ1n) is 9.11. The number of amides is 2. The van der Waals surface area contributed by atoms with Crippen LogP contribution in [0.4, 0.5) is 10.1 Å². The van der Waals surface area contributed by atoms with Crippen molar-refractivity contribution in [2.45, 2.75) is 38.6 Å². The zero-order valence-corrected chi connectivity index (χ0v) is 14.6. The molecule has 0 unspecified atom stereocenters. The molecule has 2 amide bonds. The summed E-state index contributed by atoms with van der Waals surface area (Å²) >= 11 is 0. The maximum Gasteiger partial charge on any atom is 0.227 e. The second-order valence-electron chi connectivity index (χ2n) is 7.17. The van der Waals surface area contributed by atoms with Crippen molar-refractivity contribution in [1.29, 1.82) is 0 Å². The van der Waals surface area contributed by atoms with Crippen LogP contribution in [0.1, 0.15) is 32.6 Å². The average Bonchev–Trinajstić information content (AvgIpc) is 2.63. The summed E-state index contributed by atoms with van der Waals surface area (Å²) in [5.41, 5.74) is 0.605. The Hall–Kier alpha value is -1.95. The van der Waals surface area contributed by atoms with E-state index >= 15 is 0 Å². The minimum atomic E-state index is -0.322. The van der Waals surface area contributed by atoms with Crippen molar-refractivity contribution in [2.75, 3.05) is 25.0 Å². The highest BCUT2D eigenvalue weighted by atomic mass is 19.1. The lowest BCUT2D eigenvalue weighted by atomic mass is 9.90. The van der Waals surface area contributed by atoms with Gasteiger partial charge in [0, 0.05) is 36.7 Å². The number of halogens is 1. The van der Waals surface area contributed by atoms with Gasteiger partial charge in [0.15, 0.2) is 0 Å². The van der Waals surface area contributed by atoms with Gasteiger partial charge in [-0.2, -0.15) is 0 Å². The number of piperidine rings is 2. The van der Waals surface area contributed by atoms with Gasteiger partial charge in [-0.1, -0.05) is 0 Å². The summed E-state index contributed by atoms with van der Waals surface area (Å²) in [4.78, 5) is 26.9. The molecule has 1 aromatic carbocycles. The molecule has 136 valence electrons. The molecule has 0 aliphatic carbocycles. The third kappa shape index (κ3) is 4.57. The van der Waals surface area contributed by atoms with Crippen LogP contribution in [0.2, 0.25) is 0 Å². The van der Waals surface area contributed by atoms with Crippen molar-refractivity contribution < 1.29 is 14.0 Å². The first-order chi connectivity index (χ1) is 12.0. The van der Waals surface area contributed by atoms with Gasteiger partial charge in [0.05, 0.1) is 0 Å². The van der Waals surface area contributed by atoms with E-state index in [1.54, 1.807) is 12.1 Å². The number of rotatable bonds is 3. The monoisotopic (exact) mass is 347 g/mol. The van der Waals surface area contributed by atoms with Crippen LogP contribution >= 0.6 is 0 Å². The fourth-order valence-corrected chi connectivity index (χ4v) is 3.75. The predicted octanol–water partition coefficient (Wildman–Crippen LogP) is 2.39. The van der Waals surface area contributed by atoms with E-state index in [2.05, 4.69) is 17.6 Å². The van der Waals surface area contributed by atoms with Crippen molar-refractivity contribution in [1.82, 2.24) is 10.2 Å². The molecule has 2 aliphatic rings. The number of likely N-dealkylation sites (tertiary alicyclic amines) is 1. The summed E-state index contributed by atoms with van der Waals surface area (Å²) in [5.74, 6) is -0.112. The predicted molar refractivity (Wildman–Crippen MR) is 94.5 cm³/mol. The summed E-state index contributed by atoms with van der Waals surface area (Å²) in [6.45, 7) is 4.29. The highest BCUT2D eigenvalue weighted by Crippen LogP contribution is 2.24. The quantitative estimate of drug-likeness (QED) is 0.883. The number of nitrogens with one attached hydrogen (secondary N) is 2. The van der Waals surface area contributed by atoms with Gasteiger partial charge in [0.1, 0.15) is 5.82 Å². The summed E-state index contributed by atoms with van der Waals surface area (Å²) in [6.07, 6.45) is 3.15. The maximum absolute atomic E-state index is 12.9. The van der Waals surface area contributed by atoms with E-state index in [0.29, 0.717) is 37.7 Å². The van der Waals surface area contributed by atoms with Gasteiger partial charge in [-0.3, -0.25) is 9.59 Å². The summed E-state index contributed by atoms with van der Waals surface area (Å²) < 4.78 is 12.9. The number of benzene rings is 1. The van der Waals surface area contributed by atoms with E-state index < -0.39 is 0 Å². The Bertz CT molecular complexity index is 612. The van der Waals surface area contributed by atoms with Gasteiger partial charge in [-0.25, -0.2) is 4.39 Å². The smallest absolute Gasteiger partial charge is 0.227 e. The van der Waals surface area contributed by atoms with Gasteiger partial charge in [0.25, 0.3) is 0 Å². The van der Waals surface area contributed by atoms with Crippen molar-refractivity contribution in [2.24, 2.45) is 11.8 Å². The molecule has 3 rings (SSSR count). The molecule has 2 heterocycles. The van der Waals surface area contributed by atoms with E-state index in [-0.39, 0.29) is 29.5 Å². The molecule has 1 aromatic rings. The van der Waals surface area contributed by atoms with E-state index in [1.165, 1.54) is 12.1 Å².